The van der Waals surface area contributed by atoms with Gasteiger partial charge in [0.15, 0.2) is 0 Å². The van der Waals surface area contributed by atoms with E-state index in [0.29, 0.717) is 17.8 Å². The molecule has 2 aromatic carbocycles. The van der Waals surface area contributed by atoms with Crippen LogP contribution in [-0.4, -0.2) is 33.2 Å². The van der Waals surface area contributed by atoms with Gasteiger partial charge in [-0.15, -0.1) is 10.2 Å². The van der Waals surface area contributed by atoms with Crippen LogP contribution in [0.15, 0.2) is 42.5 Å². The molecule has 1 aliphatic carbocycles. The zero-order chi connectivity index (χ0) is 20.2. The third-order valence-electron chi connectivity index (χ3n) is 5.74. The van der Waals surface area contributed by atoms with Crippen LogP contribution in [0.5, 0.6) is 0 Å². The van der Waals surface area contributed by atoms with Crippen LogP contribution in [-0.2, 0) is 0 Å². The molecule has 3 aromatic rings. The van der Waals surface area contributed by atoms with Crippen LogP contribution in [0.2, 0.25) is 0 Å². The van der Waals surface area contributed by atoms with Gasteiger partial charge in [-0.1, -0.05) is 63.4 Å². The lowest BCUT2D eigenvalue weighted by molar-refractivity contribution is 0.401. The summed E-state index contributed by atoms with van der Waals surface area (Å²) in [5, 5.41) is 14.5. The van der Waals surface area contributed by atoms with Crippen molar-refractivity contribution in [3.63, 3.8) is 0 Å². The first-order valence-corrected chi connectivity index (χ1v) is 10.6. The lowest BCUT2D eigenvalue weighted by Gasteiger charge is -2.38. The molecule has 1 heterocycles. The smallest absolute Gasteiger partial charge is 0.205 e. The number of H-pyrrole nitrogens is 1. The molecule has 0 unspecified atom stereocenters. The summed E-state index contributed by atoms with van der Waals surface area (Å²) in [6, 6.07) is 15.1. The highest BCUT2D eigenvalue weighted by atomic mass is 15.5. The summed E-state index contributed by atoms with van der Waals surface area (Å²) in [6.07, 6.45) is 6.50. The van der Waals surface area contributed by atoms with E-state index in [4.69, 9.17) is 5.73 Å². The van der Waals surface area contributed by atoms with Crippen LogP contribution in [0.4, 0.5) is 11.4 Å². The van der Waals surface area contributed by atoms with Crippen LogP contribution in [0.3, 0.4) is 0 Å². The molecule has 0 saturated heterocycles. The average molecular weight is 391 g/mol. The molecule has 3 N–H and O–H groups in total. The predicted octanol–water partition coefficient (Wildman–Crippen LogP) is 4.91. The number of anilines is 2. The van der Waals surface area contributed by atoms with E-state index in [-0.39, 0.29) is 0 Å². The number of hydrogen-bond acceptors (Lipinski definition) is 5. The van der Waals surface area contributed by atoms with Crippen molar-refractivity contribution in [2.24, 2.45) is 5.92 Å². The fourth-order valence-electron chi connectivity index (χ4n) is 4.42. The molecule has 0 aliphatic heterocycles. The molecule has 0 atom stereocenters. The van der Waals surface area contributed by atoms with Gasteiger partial charge in [-0.25, -0.2) is 0 Å². The highest BCUT2D eigenvalue weighted by molar-refractivity contribution is 5.84. The summed E-state index contributed by atoms with van der Waals surface area (Å²) in [5.74, 6) is 1.18. The van der Waals surface area contributed by atoms with Gasteiger partial charge in [0.1, 0.15) is 0 Å². The average Bonchev–Trinajstić information content (AvgIpc) is 3.27. The number of nitrogens with zero attached hydrogens (tertiary/aromatic N) is 4. The van der Waals surface area contributed by atoms with Crippen molar-refractivity contribution in [3.05, 3.63) is 42.5 Å². The maximum Gasteiger partial charge on any atom is 0.205 e. The predicted molar refractivity (Wildman–Crippen MR) is 119 cm³/mol. The van der Waals surface area contributed by atoms with E-state index in [0.717, 1.165) is 34.6 Å². The van der Waals surface area contributed by atoms with Crippen molar-refractivity contribution >= 4 is 11.4 Å². The van der Waals surface area contributed by atoms with Gasteiger partial charge in [-0.2, -0.15) is 5.21 Å². The SMILES string of the molecule is CC(C)CN(c1ccc(-c2ccccc2-c2nn[nH]n2)cc1N)C1CCCCC1. The van der Waals surface area contributed by atoms with Crippen LogP contribution in [0, 0.1) is 5.92 Å². The van der Waals surface area contributed by atoms with E-state index in [1.54, 1.807) is 0 Å². The Morgan fingerprint density at radius 2 is 1.83 bits per heavy atom. The third kappa shape index (κ3) is 4.26. The highest BCUT2D eigenvalue weighted by Crippen LogP contribution is 2.36. The molecule has 6 heteroatoms. The largest absolute Gasteiger partial charge is 0.397 e. The van der Waals surface area contributed by atoms with E-state index < -0.39 is 0 Å². The van der Waals surface area contributed by atoms with E-state index >= 15 is 0 Å². The Bertz CT molecular complexity index is 928. The summed E-state index contributed by atoms with van der Waals surface area (Å²) in [6.45, 7) is 5.59. The van der Waals surface area contributed by atoms with Crippen molar-refractivity contribution in [1.29, 1.82) is 0 Å². The Morgan fingerprint density at radius 3 is 2.48 bits per heavy atom. The monoisotopic (exact) mass is 390 g/mol. The first-order chi connectivity index (χ1) is 14.1. The Labute approximate surface area is 172 Å². The van der Waals surface area contributed by atoms with Crippen molar-refractivity contribution in [2.45, 2.75) is 52.0 Å². The summed E-state index contributed by atoms with van der Waals surface area (Å²) < 4.78 is 0. The molecule has 1 saturated carbocycles. The lowest BCUT2D eigenvalue weighted by atomic mass is 9.92. The lowest BCUT2D eigenvalue weighted by Crippen LogP contribution is -2.39. The molecule has 6 nitrogen and oxygen atoms in total. The van der Waals surface area contributed by atoms with Gasteiger partial charge in [0.2, 0.25) is 5.82 Å². The second-order valence-electron chi connectivity index (χ2n) is 8.39. The summed E-state index contributed by atoms with van der Waals surface area (Å²) in [4.78, 5) is 2.55. The number of rotatable bonds is 6. The Morgan fingerprint density at radius 1 is 1.07 bits per heavy atom. The molecule has 1 fully saturated rings. The summed E-state index contributed by atoms with van der Waals surface area (Å²) in [5.41, 5.74) is 11.7. The normalized spacial score (nSPS) is 15.0. The zero-order valence-electron chi connectivity index (χ0n) is 17.3. The number of benzene rings is 2. The Hall–Kier alpha value is -2.89. The van der Waals surface area contributed by atoms with Gasteiger partial charge in [0, 0.05) is 18.2 Å². The molecule has 152 valence electrons. The number of tetrazole rings is 1. The van der Waals surface area contributed by atoms with Gasteiger partial charge in [0.25, 0.3) is 0 Å². The molecule has 29 heavy (non-hydrogen) atoms. The van der Waals surface area contributed by atoms with Crippen LogP contribution in [0.1, 0.15) is 46.0 Å². The van der Waals surface area contributed by atoms with Gasteiger partial charge in [-0.3, -0.25) is 0 Å². The number of hydrogen-bond donors (Lipinski definition) is 2. The third-order valence-corrected chi connectivity index (χ3v) is 5.74. The minimum Gasteiger partial charge on any atom is -0.397 e. The van der Waals surface area contributed by atoms with Crippen molar-refractivity contribution in [3.8, 4) is 22.5 Å². The molecule has 0 radical (unpaired) electrons. The Balaban J connectivity index is 1.69. The fourth-order valence-corrected chi connectivity index (χ4v) is 4.42. The summed E-state index contributed by atoms with van der Waals surface area (Å²) >= 11 is 0. The maximum absolute atomic E-state index is 6.62. The molecule has 0 bridgehead atoms. The van der Waals surface area contributed by atoms with Crippen LogP contribution < -0.4 is 10.6 Å². The van der Waals surface area contributed by atoms with E-state index in [2.05, 4.69) is 63.6 Å². The standard InChI is InChI=1S/C23H30N6/c1-16(2)15-29(18-8-4-3-5-9-18)22-13-12-17(14-21(22)24)19-10-6-7-11-20(19)23-25-27-28-26-23/h6-7,10-14,16,18H,3-5,8-9,15,24H2,1-2H3,(H,25,26,27,28). The topological polar surface area (TPSA) is 83.7 Å². The molecular formula is C23H30N6. The van der Waals surface area contributed by atoms with Crippen molar-refractivity contribution in [1.82, 2.24) is 20.6 Å². The van der Waals surface area contributed by atoms with Gasteiger partial charge in [-0.05, 0) is 47.2 Å². The first-order valence-electron chi connectivity index (χ1n) is 10.6. The second kappa shape index (κ2) is 8.64. The molecular weight excluding hydrogens is 360 g/mol. The molecule has 4 rings (SSSR count). The number of nitrogens with one attached hydrogen (secondary N) is 1. The minimum atomic E-state index is 0.589. The van der Waals surface area contributed by atoms with Gasteiger partial charge >= 0.3 is 0 Å². The maximum atomic E-state index is 6.62. The van der Waals surface area contributed by atoms with Crippen molar-refractivity contribution < 1.29 is 0 Å². The fraction of sp³-hybridized carbons (Fsp3) is 0.435. The van der Waals surface area contributed by atoms with Gasteiger partial charge in [0.05, 0.1) is 11.4 Å². The molecule has 1 aromatic heterocycles. The quantitative estimate of drug-likeness (QED) is 0.584. The van der Waals surface area contributed by atoms with E-state index in [1.807, 2.05) is 18.2 Å². The minimum absolute atomic E-state index is 0.589. The Kier molecular flexibility index (Phi) is 5.79. The number of aromatic amines is 1. The molecule has 1 aliphatic rings. The first kappa shape index (κ1) is 19.4. The molecule has 0 spiro atoms. The van der Waals surface area contributed by atoms with Crippen molar-refractivity contribution in [2.75, 3.05) is 17.2 Å². The van der Waals surface area contributed by atoms with E-state index in [9.17, 15) is 0 Å². The zero-order valence-corrected chi connectivity index (χ0v) is 17.3. The second-order valence-corrected chi connectivity index (χ2v) is 8.39. The summed E-state index contributed by atoms with van der Waals surface area (Å²) in [7, 11) is 0. The van der Waals surface area contributed by atoms with Crippen LogP contribution >= 0.6 is 0 Å². The highest BCUT2D eigenvalue weighted by Gasteiger charge is 2.24. The molecule has 0 amide bonds. The number of nitrogen functional groups attached to an aromatic ring is 1. The van der Waals surface area contributed by atoms with E-state index in [1.165, 1.54) is 32.1 Å². The number of aromatic nitrogens is 4. The van der Waals surface area contributed by atoms with Crippen LogP contribution in [0.25, 0.3) is 22.5 Å². The number of nitrogens with two attached hydrogens (primary N) is 1. The van der Waals surface area contributed by atoms with Gasteiger partial charge < -0.3 is 10.6 Å².